The van der Waals surface area contributed by atoms with E-state index in [0.717, 1.165) is 18.4 Å². The Labute approximate surface area is 109 Å². The number of rotatable bonds is 4. The van der Waals surface area contributed by atoms with Gasteiger partial charge in [0, 0.05) is 19.2 Å². The largest absolute Gasteiger partial charge is 0.481 e. The second kappa shape index (κ2) is 6.03. The summed E-state index contributed by atoms with van der Waals surface area (Å²) in [5.74, 6) is -0.824. The molecule has 0 radical (unpaired) electrons. The molecular weight excluding hydrogens is 230 g/mol. The zero-order valence-electron chi connectivity index (χ0n) is 11.5. The van der Waals surface area contributed by atoms with E-state index in [1.807, 2.05) is 20.8 Å². The summed E-state index contributed by atoms with van der Waals surface area (Å²) >= 11 is 0. The van der Waals surface area contributed by atoms with Crippen molar-refractivity contribution in [3.8, 4) is 0 Å². The molecule has 102 valence electrons. The van der Waals surface area contributed by atoms with Crippen LogP contribution in [-0.4, -0.2) is 35.0 Å². The molecule has 18 heavy (non-hydrogen) atoms. The van der Waals surface area contributed by atoms with Crippen LogP contribution in [0.25, 0.3) is 0 Å². The highest BCUT2D eigenvalue weighted by molar-refractivity contribution is 5.89. The van der Waals surface area contributed by atoms with Crippen LogP contribution in [0.5, 0.6) is 0 Å². The lowest BCUT2D eigenvalue weighted by Gasteiger charge is -2.39. The van der Waals surface area contributed by atoms with Gasteiger partial charge >= 0.3 is 5.97 Å². The summed E-state index contributed by atoms with van der Waals surface area (Å²) in [4.78, 5) is 25.2. The summed E-state index contributed by atoms with van der Waals surface area (Å²) in [5, 5.41) is 9.45. The number of carbonyl (C=O) groups excluding carboxylic acids is 1. The molecule has 0 aromatic carbocycles. The van der Waals surface area contributed by atoms with Gasteiger partial charge in [0.15, 0.2) is 0 Å². The van der Waals surface area contributed by atoms with Gasteiger partial charge in [-0.05, 0) is 33.1 Å². The molecule has 1 saturated heterocycles. The third-order valence-corrected chi connectivity index (χ3v) is 3.48. The Kier molecular flexibility index (Phi) is 4.93. The maximum absolute atomic E-state index is 12.0. The number of hydrogen-bond acceptors (Lipinski definition) is 2. The summed E-state index contributed by atoms with van der Waals surface area (Å²) in [6.07, 6.45) is 4.51. The van der Waals surface area contributed by atoms with E-state index >= 15 is 0 Å². The number of amides is 1. The first kappa shape index (κ1) is 14.7. The second-order valence-electron chi connectivity index (χ2n) is 5.42. The van der Waals surface area contributed by atoms with Crippen LogP contribution in [0, 0.1) is 5.41 Å². The first-order chi connectivity index (χ1) is 8.41. The number of carbonyl (C=O) groups is 2. The minimum atomic E-state index is -0.765. The smallest absolute Gasteiger partial charge is 0.311 e. The van der Waals surface area contributed by atoms with Crippen LogP contribution in [-0.2, 0) is 9.59 Å². The number of carboxylic acid groups (broad SMARTS) is 1. The molecule has 1 heterocycles. The monoisotopic (exact) mass is 253 g/mol. The summed E-state index contributed by atoms with van der Waals surface area (Å²) < 4.78 is 0. The fraction of sp³-hybridized carbons (Fsp3) is 0.714. The topological polar surface area (TPSA) is 57.6 Å². The van der Waals surface area contributed by atoms with Gasteiger partial charge in [-0.1, -0.05) is 18.9 Å². The Morgan fingerprint density at radius 3 is 2.56 bits per heavy atom. The molecule has 1 aliphatic heterocycles. The van der Waals surface area contributed by atoms with Crippen LogP contribution in [0.2, 0.25) is 0 Å². The minimum absolute atomic E-state index is 0.0589. The van der Waals surface area contributed by atoms with E-state index in [4.69, 9.17) is 0 Å². The van der Waals surface area contributed by atoms with Crippen molar-refractivity contribution in [3.63, 3.8) is 0 Å². The predicted octanol–water partition coefficient (Wildman–Crippen LogP) is 2.45. The SMILES string of the molecule is CCCC1(C(=O)O)CCCN(C(=O)C=C(C)C)C1. The van der Waals surface area contributed by atoms with Crippen molar-refractivity contribution in [2.45, 2.75) is 46.5 Å². The van der Waals surface area contributed by atoms with Crippen LogP contribution in [0.15, 0.2) is 11.6 Å². The highest BCUT2D eigenvalue weighted by Crippen LogP contribution is 2.35. The molecule has 0 aliphatic carbocycles. The molecule has 0 saturated carbocycles. The zero-order valence-corrected chi connectivity index (χ0v) is 11.5. The number of aliphatic carboxylic acids is 1. The molecule has 1 atom stereocenters. The molecule has 1 rings (SSSR count). The van der Waals surface area contributed by atoms with E-state index in [-0.39, 0.29) is 5.91 Å². The van der Waals surface area contributed by atoms with E-state index in [1.54, 1.807) is 11.0 Å². The van der Waals surface area contributed by atoms with Crippen molar-refractivity contribution in [1.82, 2.24) is 4.90 Å². The maximum Gasteiger partial charge on any atom is 0.311 e. The molecule has 1 fully saturated rings. The summed E-state index contributed by atoms with van der Waals surface area (Å²) in [5.41, 5.74) is 0.208. The summed E-state index contributed by atoms with van der Waals surface area (Å²) in [6, 6.07) is 0. The molecule has 1 N–H and O–H groups in total. The summed E-state index contributed by atoms with van der Waals surface area (Å²) in [7, 11) is 0. The Bertz CT molecular complexity index is 354. The van der Waals surface area contributed by atoms with Gasteiger partial charge in [-0.25, -0.2) is 0 Å². The first-order valence-electron chi connectivity index (χ1n) is 6.58. The van der Waals surface area contributed by atoms with Crippen molar-refractivity contribution in [1.29, 1.82) is 0 Å². The maximum atomic E-state index is 12.0. The number of likely N-dealkylation sites (tertiary alicyclic amines) is 1. The van der Waals surface area contributed by atoms with Crippen molar-refractivity contribution >= 4 is 11.9 Å². The molecule has 1 amide bonds. The number of piperidine rings is 1. The molecule has 4 nitrogen and oxygen atoms in total. The van der Waals surface area contributed by atoms with Gasteiger partial charge in [-0.3, -0.25) is 9.59 Å². The number of hydrogen-bond donors (Lipinski definition) is 1. The second-order valence-corrected chi connectivity index (χ2v) is 5.42. The highest BCUT2D eigenvalue weighted by Gasteiger charge is 2.42. The molecule has 0 aromatic rings. The van der Waals surface area contributed by atoms with Crippen LogP contribution < -0.4 is 0 Å². The highest BCUT2D eigenvalue weighted by atomic mass is 16.4. The molecule has 0 bridgehead atoms. The lowest BCUT2D eigenvalue weighted by molar-refractivity contribution is -0.154. The van der Waals surface area contributed by atoms with Gasteiger partial charge < -0.3 is 10.0 Å². The van der Waals surface area contributed by atoms with E-state index < -0.39 is 11.4 Å². The number of carboxylic acids is 1. The van der Waals surface area contributed by atoms with Gasteiger partial charge in [0.2, 0.25) is 5.91 Å². The molecule has 1 aliphatic rings. The Morgan fingerprint density at radius 2 is 2.06 bits per heavy atom. The zero-order chi connectivity index (χ0) is 13.8. The van der Waals surface area contributed by atoms with Crippen molar-refractivity contribution in [2.75, 3.05) is 13.1 Å². The minimum Gasteiger partial charge on any atom is -0.481 e. The average molecular weight is 253 g/mol. The third-order valence-electron chi connectivity index (χ3n) is 3.48. The quantitative estimate of drug-likeness (QED) is 0.783. The van der Waals surface area contributed by atoms with Crippen LogP contribution in [0.1, 0.15) is 46.5 Å². The van der Waals surface area contributed by atoms with E-state index in [9.17, 15) is 14.7 Å². The molecular formula is C14H23NO3. The average Bonchev–Trinajstić information content (AvgIpc) is 2.28. The molecule has 1 unspecified atom stereocenters. The van der Waals surface area contributed by atoms with Crippen molar-refractivity contribution in [3.05, 3.63) is 11.6 Å². The van der Waals surface area contributed by atoms with E-state index in [1.165, 1.54) is 0 Å². The van der Waals surface area contributed by atoms with Gasteiger partial charge in [-0.15, -0.1) is 0 Å². The Morgan fingerprint density at radius 1 is 1.39 bits per heavy atom. The van der Waals surface area contributed by atoms with Gasteiger partial charge in [0.05, 0.1) is 5.41 Å². The van der Waals surface area contributed by atoms with Gasteiger partial charge in [0.1, 0.15) is 0 Å². The fourth-order valence-electron chi connectivity index (χ4n) is 2.62. The van der Waals surface area contributed by atoms with E-state index in [2.05, 4.69) is 0 Å². The molecule has 4 heteroatoms. The van der Waals surface area contributed by atoms with Crippen LogP contribution >= 0.6 is 0 Å². The molecule has 0 aromatic heterocycles. The lowest BCUT2D eigenvalue weighted by atomic mass is 9.76. The third kappa shape index (κ3) is 3.34. The number of nitrogens with zero attached hydrogens (tertiary/aromatic N) is 1. The van der Waals surface area contributed by atoms with Crippen LogP contribution in [0.3, 0.4) is 0 Å². The van der Waals surface area contributed by atoms with Crippen molar-refractivity contribution in [2.24, 2.45) is 5.41 Å². The number of allylic oxidation sites excluding steroid dienone is 1. The Hall–Kier alpha value is -1.32. The lowest BCUT2D eigenvalue weighted by Crippen LogP contribution is -2.49. The normalized spacial score (nSPS) is 23.6. The standard InChI is InChI=1S/C14H23NO3/c1-4-6-14(13(17)18)7-5-8-15(10-14)12(16)9-11(2)3/h9H,4-8,10H2,1-3H3,(H,17,18). The first-order valence-corrected chi connectivity index (χ1v) is 6.58. The Balaban J connectivity index is 2.84. The van der Waals surface area contributed by atoms with Gasteiger partial charge in [0.25, 0.3) is 0 Å². The van der Waals surface area contributed by atoms with Crippen LogP contribution in [0.4, 0.5) is 0 Å². The fourth-order valence-corrected chi connectivity index (χ4v) is 2.62. The summed E-state index contributed by atoms with van der Waals surface area (Å²) in [6.45, 7) is 6.75. The van der Waals surface area contributed by atoms with Crippen molar-refractivity contribution < 1.29 is 14.7 Å². The van der Waals surface area contributed by atoms with Gasteiger partial charge in [-0.2, -0.15) is 0 Å². The van der Waals surface area contributed by atoms with E-state index in [0.29, 0.717) is 25.9 Å². The molecule has 0 spiro atoms. The predicted molar refractivity (Wildman–Crippen MR) is 70.2 cm³/mol.